The van der Waals surface area contributed by atoms with Gasteiger partial charge in [-0.1, -0.05) is 0 Å². The van der Waals surface area contributed by atoms with Gasteiger partial charge in [0.1, 0.15) is 0 Å². The van der Waals surface area contributed by atoms with Gasteiger partial charge in [0.25, 0.3) is 0 Å². The predicted octanol–water partition coefficient (Wildman–Crippen LogP) is 0.948. The molecule has 1 heterocycles. The second-order valence-electron chi connectivity index (χ2n) is 4.55. The Labute approximate surface area is 107 Å². The van der Waals surface area contributed by atoms with E-state index in [1.807, 2.05) is 30.4 Å². The van der Waals surface area contributed by atoms with E-state index in [4.69, 9.17) is 5.11 Å². The first-order valence-electron chi connectivity index (χ1n) is 5.86. The molecule has 1 aliphatic heterocycles. The number of aliphatic hydroxyl groups is 2. The van der Waals surface area contributed by atoms with Crippen molar-refractivity contribution >= 4 is 23.5 Å². The van der Waals surface area contributed by atoms with Crippen molar-refractivity contribution in [1.82, 2.24) is 5.32 Å². The highest BCUT2D eigenvalue weighted by molar-refractivity contribution is 8.03. The van der Waals surface area contributed by atoms with E-state index in [-0.39, 0.29) is 6.61 Å². The molecular weight excluding hydrogens is 242 g/mol. The average molecular weight is 265 g/mol. The normalized spacial score (nSPS) is 22.7. The zero-order valence-electron chi connectivity index (χ0n) is 9.95. The number of hydrogen-bond donors (Lipinski definition) is 3. The highest BCUT2D eigenvalue weighted by Crippen LogP contribution is 2.17. The Balaban J connectivity index is 2.20. The summed E-state index contributed by atoms with van der Waals surface area (Å²) in [6.07, 6.45) is 1.33. The monoisotopic (exact) mass is 265 g/mol. The van der Waals surface area contributed by atoms with E-state index in [9.17, 15) is 5.11 Å². The SMILES string of the molecule is C[C@@](O)(CCCO)CNC1CSCCSC1. The van der Waals surface area contributed by atoms with Crippen LogP contribution in [0.3, 0.4) is 0 Å². The summed E-state index contributed by atoms with van der Waals surface area (Å²) in [6, 6.07) is 0.512. The van der Waals surface area contributed by atoms with E-state index in [1.54, 1.807) is 0 Å². The molecule has 5 heteroatoms. The molecule has 1 fully saturated rings. The van der Waals surface area contributed by atoms with Gasteiger partial charge in [0.05, 0.1) is 5.60 Å². The van der Waals surface area contributed by atoms with E-state index in [0.29, 0.717) is 25.4 Å². The van der Waals surface area contributed by atoms with Crippen LogP contribution in [0.5, 0.6) is 0 Å². The molecule has 0 spiro atoms. The number of rotatable bonds is 6. The maximum Gasteiger partial charge on any atom is 0.0744 e. The van der Waals surface area contributed by atoms with Crippen LogP contribution in [0, 0.1) is 0 Å². The molecule has 0 unspecified atom stereocenters. The number of thioether (sulfide) groups is 2. The summed E-state index contributed by atoms with van der Waals surface area (Å²) in [5, 5.41) is 22.2. The maximum atomic E-state index is 10.1. The molecular formula is C11H23NO2S2. The van der Waals surface area contributed by atoms with Crippen molar-refractivity contribution in [3.05, 3.63) is 0 Å². The Morgan fingerprint density at radius 1 is 1.31 bits per heavy atom. The number of aliphatic hydroxyl groups excluding tert-OH is 1. The fourth-order valence-electron chi connectivity index (χ4n) is 1.65. The molecule has 1 aliphatic rings. The lowest BCUT2D eigenvalue weighted by molar-refractivity contribution is 0.0422. The lowest BCUT2D eigenvalue weighted by atomic mass is 10.0. The molecule has 1 atom stereocenters. The Bertz CT molecular complexity index is 183. The van der Waals surface area contributed by atoms with Crippen LogP contribution in [-0.2, 0) is 0 Å². The van der Waals surface area contributed by atoms with Crippen molar-refractivity contribution in [1.29, 1.82) is 0 Å². The van der Waals surface area contributed by atoms with E-state index >= 15 is 0 Å². The van der Waals surface area contributed by atoms with E-state index in [1.165, 1.54) is 11.5 Å². The first-order chi connectivity index (χ1) is 7.64. The third-order valence-corrected chi connectivity index (χ3v) is 5.18. The Kier molecular flexibility index (Phi) is 7.16. The van der Waals surface area contributed by atoms with Crippen LogP contribution in [0.25, 0.3) is 0 Å². The summed E-state index contributed by atoms with van der Waals surface area (Å²) < 4.78 is 0. The second kappa shape index (κ2) is 7.82. The molecule has 0 aromatic carbocycles. The van der Waals surface area contributed by atoms with Crippen LogP contribution < -0.4 is 5.32 Å². The zero-order valence-corrected chi connectivity index (χ0v) is 11.6. The molecule has 3 N–H and O–H groups in total. The smallest absolute Gasteiger partial charge is 0.0744 e. The van der Waals surface area contributed by atoms with Gasteiger partial charge in [0, 0.05) is 42.2 Å². The molecule has 0 aromatic rings. The Morgan fingerprint density at radius 2 is 1.94 bits per heavy atom. The van der Waals surface area contributed by atoms with Crippen LogP contribution in [0.15, 0.2) is 0 Å². The summed E-state index contributed by atoms with van der Waals surface area (Å²) in [5.74, 6) is 4.76. The topological polar surface area (TPSA) is 52.5 Å². The first-order valence-corrected chi connectivity index (χ1v) is 8.17. The van der Waals surface area contributed by atoms with Gasteiger partial charge in [0.15, 0.2) is 0 Å². The largest absolute Gasteiger partial charge is 0.396 e. The van der Waals surface area contributed by atoms with Gasteiger partial charge < -0.3 is 15.5 Å². The molecule has 96 valence electrons. The van der Waals surface area contributed by atoms with Crippen LogP contribution in [-0.4, -0.2) is 58.0 Å². The van der Waals surface area contributed by atoms with Crippen molar-refractivity contribution < 1.29 is 10.2 Å². The van der Waals surface area contributed by atoms with Crippen LogP contribution in [0.4, 0.5) is 0 Å². The van der Waals surface area contributed by atoms with Crippen molar-refractivity contribution in [2.24, 2.45) is 0 Å². The minimum atomic E-state index is -0.690. The quantitative estimate of drug-likeness (QED) is 0.667. The molecule has 0 saturated carbocycles. The van der Waals surface area contributed by atoms with Crippen LogP contribution >= 0.6 is 23.5 Å². The summed E-state index contributed by atoms with van der Waals surface area (Å²) in [6.45, 7) is 2.62. The number of hydrogen-bond acceptors (Lipinski definition) is 5. The van der Waals surface area contributed by atoms with Crippen molar-refractivity contribution in [2.45, 2.75) is 31.4 Å². The lowest BCUT2D eigenvalue weighted by Gasteiger charge is -2.26. The second-order valence-corrected chi connectivity index (χ2v) is 6.85. The maximum absolute atomic E-state index is 10.1. The van der Waals surface area contributed by atoms with E-state index in [2.05, 4.69) is 5.32 Å². The van der Waals surface area contributed by atoms with Gasteiger partial charge in [-0.25, -0.2) is 0 Å². The third-order valence-electron chi connectivity index (χ3n) is 2.66. The first kappa shape index (κ1) is 14.6. The molecule has 1 saturated heterocycles. The molecule has 0 aliphatic carbocycles. The fraction of sp³-hybridized carbons (Fsp3) is 1.00. The van der Waals surface area contributed by atoms with Gasteiger partial charge in [0.2, 0.25) is 0 Å². The molecule has 3 nitrogen and oxygen atoms in total. The molecule has 0 radical (unpaired) electrons. The highest BCUT2D eigenvalue weighted by atomic mass is 32.2. The van der Waals surface area contributed by atoms with Crippen molar-refractivity contribution in [3.63, 3.8) is 0 Å². The Morgan fingerprint density at radius 3 is 2.50 bits per heavy atom. The number of nitrogens with one attached hydrogen (secondary N) is 1. The van der Waals surface area contributed by atoms with Crippen molar-refractivity contribution in [2.75, 3.05) is 36.2 Å². The minimum Gasteiger partial charge on any atom is -0.396 e. The van der Waals surface area contributed by atoms with Gasteiger partial charge >= 0.3 is 0 Å². The summed E-state index contributed by atoms with van der Waals surface area (Å²) in [4.78, 5) is 0. The average Bonchev–Trinajstić information content (AvgIpc) is 2.52. The predicted molar refractivity (Wildman–Crippen MR) is 73.4 cm³/mol. The Hall–Kier alpha value is 0.580. The lowest BCUT2D eigenvalue weighted by Crippen LogP contribution is -2.44. The minimum absolute atomic E-state index is 0.158. The molecule has 1 rings (SSSR count). The van der Waals surface area contributed by atoms with Gasteiger partial charge in [-0.3, -0.25) is 0 Å². The van der Waals surface area contributed by atoms with Gasteiger partial charge in [-0.15, -0.1) is 0 Å². The molecule has 16 heavy (non-hydrogen) atoms. The fourth-order valence-corrected chi connectivity index (χ4v) is 4.11. The summed E-state index contributed by atoms with van der Waals surface area (Å²) in [7, 11) is 0. The highest BCUT2D eigenvalue weighted by Gasteiger charge is 2.21. The van der Waals surface area contributed by atoms with Crippen LogP contribution in [0.1, 0.15) is 19.8 Å². The standard InChI is InChI=1S/C11H23NO2S2/c1-11(14,3-2-4-13)9-12-10-7-15-5-6-16-8-10/h10,12-14H,2-9H2,1H3/t11-/m1/s1. The van der Waals surface area contributed by atoms with Gasteiger partial charge in [-0.05, 0) is 19.8 Å². The third kappa shape index (κ3) is 6.35. The van der Waals surface area contributed by atoms with E-state index < -0.39 is 5.60 Å². The van der Waals surface area contributed by atoms with Gasteiger partial charge in [-0.2, -0.15) is 23.5 Å². The molecule has 0 aromatic heterocycles. The molecule has 0 amide bonds. The summed E-state index contributed by atoms with van der Waals surface area (Å²) >= 11 is 3.97. The van der Waals surface area contributed by atoms with E-state index in [0.717, 1.165) is 11.5 Å². The zero-order chi connectivity index (χ0) is 11.9. The molecule has 0 bridgehead atoms. The van der Waals surface area contributed by atoms with Crippen LogP contribution in [0.2, 0.25) is 0 Å². The van der Waals surface area contributed by atoms with Crippen molar-refractivity contribution in [3.8, 4) is 0 Å². The summed E-state index contributed by atoms with van der Waals surface area (Å²) in [5.41, 5.74) is -0.690.